The van der Waals surface area contributed by atoms with Gasteiger partial charge in [-0.2, -0.15) is 4.73 Å². The largest absolute Gasteiger partial charge is 0.618 e. The number of hydrogen-bond acceptors (Lipinski definition) is 8. The van der Waals surface area contributed by atoms with Crippen LogP contribution in [0.3, 0.4) is 0 Å². The van der Waals surface area contributed by atoms with Crippen LogP contribution in [0.1, 0.15) is 40.4 Å². The van der Waals surface area contributed by atoms with E-state index in [0.29, 0.717) is 28.4 Å². The molecule has 0 bridgehead atoms. The number of methoxy groups -OCH3 is 1. The average molecular weight is 426 g/mol. The summed E-state index contributed by atoms with van der Waals surface area (Å²) < 4.78 is 21.4. The first-order chi connectivity index (χ1) is 15.0. The third-order valence-corrected chi connectivity index (χ3v) is 4.35. The van der Waals surface area contributed by atoms with Gasteiger partial charge in [-0.25, -0.2) is 14.6 Å². The molecule has 0 amide bonds. The van der Waals surface area contributed by atoms with Gasteiger partial charge in [0, 0.05) is 0 Å². The highest BCUT2D eigenvalue weighted by Crippen LogP contribution is 2.21. The molecule has 2 aromatic carbocycles. The van der Waals surface area contributed by atoms with Gasteiger partial charge in [0.05, 0.1) is 26.4 Å². The lowest BCUT2D eigenvalue weighted by atomic mass is 10.2. The Balaban J connectivity index is 1.98. The van der Waals surface area contributed by atoms with Crippen LogP contribution >= 0.6 is 0 Å². The van der Waals surface area contributed by atoms with Crippen molar-refractivity contribution >= 4 is 23.0 Å². The number of carbonyl (C=O) groups is 2. The van der Waals surface area contributed by atoms with Crippen molar-refractivity contribution < 1.29 is 33.3 Å². The predicted molar refractivity (Wildman–Crippen MR) is 110 cm³/mol. The lowest BCUT2D eigenvalue weighted by Gasteiger charge is -2.13. The normalized spacial score (nSPS) is 10.5. The van der Waals surface area contributed by atoms with Gasteiger partial charge in [0.2, 0.25) is 5.52 Å². The van der Waals surface area contributed by atoms with Gasteiger partial charge < -0.3 is 24.2 Å². The van der Waals surface area contributed by atoms with E-state index in [2.05, 4.69) is 4.98 Å². The molecule has 0 fully saturated rings. The summed E-state index contributed by atoms with van der Waals surface area (Å²) in [6, 6.07) is 11.3. The van der Waals surface area contributed by atoms with E-state index >= 15 is 0 Å². The highest BCUT2D eigenvalue weighted by atomic mass is 16.5. The lowest BCUT2D eigenvalue weighted by Crippen LogP contribution is -2.39. The van der Waals surface area contributed by atoms with Crippen molar-refractivity contribution in [1.29, 1.82) is 0 Å². The van der Waals surface area contributed by atoms with Crippen LogP contribution in [-0.4, -0.2) is 37.2 Å². The summed E-state index contributed by atoms with van der Waals surface area (Å²) >= 11 is 0. The third-order valence-electron chi connectivity index (χ3n) is 4.35. The standard InChI is InChI=1S/C22H22N2O7/c1-4-29-19-9-7-6-8-15(19)21(25)31-13-17-20(22(26)30-5-2)24(27)18-12-14(28-3)10-11-16(18)23-17/h6-12H,4-5,13H2,1-3H3. The summed E-state index contributed by atoms with van der Waals surface area (Å²) in [5, 5.41) is 12.9. The first-order valence-electron chi connectivity index (χ1n) is 9.66. The van der Waals surface area contributed by atoms with E-state index in [1.165, 1.54) is 13.2 Å². The van der Waals surface area contributed by atoms with Crippen molar-refractivity contribution in [3.05, 3.63) is 64.6 Å². The van der Waals surface area contributed by atoms with Gasteiger partial charge in [0.15, 0.2) is 5.69 Å². The summed E-state index contributed by atoms with van der Waals surface area (Å²) in [6.07, 6.45) is 0. The minimum absolute atomic E-state index is 0.0200. The Kier molecular flexibility index (Phi) is 6.86. The highest BCUT2D eigenvalue weighted by Gasteiger charge is 2.29. The van der Waals surface area contributed by atoms with Gasteiger partial charge in [-0.15, -0.1) is 0 Å². The monoisotopic (exact) mass is 426 g/mol. The maximum Gasteiger partial charge on any atom is 0.407 e. The molecule has 1 aromatic heterocycles. The van der Waals surface area contributed by atoms with Gasteiger partial charge in [-0.05, 0) is 38.1 Å². The minimum atomic E-state index is -0.865. The van der Waals surface area contributed by atoms with Crippen molar-refractivity contribution in [3.63, 3.8) is 0 Å². The molecule has 162 valence electrons. The number of fused-ring (bicyclic) bond motifs is 1. The van der Waals surface area contributed by atoms with Gasteiger partial charge in [-0.3, -0.25) is 0 Å². The number of nitrogens with zero attached hydrogens (tertiary/aromatic N) is 2. The molecule has 0 aliphatic heterocycles. The zero-order valence-electron chi connectivity index (χ0n) is 17.4. The Labute approximate surface area is 178 Å². The molecule has 31 heavy (non-hydrogen) atoms. The van der Waals surface area contributed by atoms with E-state index < -0.39 is 18.5 Å². The zero-order valence-corrected chi connectivity index (χ0v) is 17.4. The molecule has 0 aliphatic carbocycles. The van der Waals surface area contributed by atoms with Crippen molar-refractivity contribution in [2.75, 3.05) is 20.3 Å². The Hall–Kier alpha value is -3.88. The third kappa shape index (κ3) is 4.66. The maximum atomic E-state index is 12.9. The number of esters is 2. The zero-order chi connectivity index (χ0) is 22.4. The second-order valence-corrected chi connectivity index (χ2v) is 6.28. The van der Waals surface area contributed by atoms with Gasteiger partial charge in [0.25, 0.3) is 0 Å². The minimum Gasteiger partial charge on any atom is -0.618 e. The molecule has 0 spiro atoms. The maximum absolute atomic E-state index is 12.9. The molecule has 0 saturated heterocycles. The first-order valence-corrected chi connectivity index (χ1v) is 9.66. The summed E-state index contributed by atoms with van der Waals surface area (Å²) in [5.74, 6) is -0.734. The van der Waals surface area contributed by atoms with Crippen LogP contribution in [-0.2, 0) is 16.1 Å². The number of carbonyl (C=O) groups excluding carboxylic acids is 2. The number of rotatable bonds is 8. The molecule has 0 N–H and O–H groups in total. The van der Waals surface area contributed by atoms with Gasteiger partial charge in [-0.1, -0.05) is 12.1 Å². The Morgan fingerprint density at radius 1 is 1.03 bits per heavy atom. The van der Waals surface area contributed by atoms with Crippen molar-refractivity contribution in [3.8, 4) is 11.5 Å². The molecule has 3 rings (SSSR count). The Morgan fingerprint density at radius 2 is 1.81 bits per heavy atom. The smallest absolute Gasteiger partial charge is 0.407 e. The van der Waals surface area contributed by atoms with Crippen LogP contribution < -0.4 is 14.2 Å². The number of benzene rings is 2. The number of aromatic nitrogens is 2. The van der Waals surface area contributed by atoms with Crippen LogP contribution in [0.4, 0.5) is 0 Å². The van der Waals surface area contributed by atoms with Crippen LogP contribution in [0.15, 0.2) is 42.5 Å². The van der Waals surface area contributed by atoms with E-state index in [1.54, 1.807) is 50.2 Å². The average Bonchev–Trinajstić information content (AvgIpc) is 2.78. The molecule has 1 heterocycles. The molecular weight excluding hydrogens is 404 g/mol. The van der Waals surface area contributed by atoms with Crippen molar-refractivity contribution in [2.45, 2.75) is 20.5 Å². The number of ether oxygens (including phenoxy) is 4. The lowest BCUT2D eigenvalue weighted by molar-refractivity contribution is -0.581. The predicted octanol–water partition coefficient (Wildman–Crippen LogP) is 2.81. The summed E-state index contributed by atoms with van der Waals surface area (Å²) in [7, 11) is 1.46. The molecule has 0 unspecified atom stereocenters. The second-order valence-electron chi connectivity index (χ2n) is 6.28. The van der Waals surface area contributed by atoms with Crippen LogP contribution in [0, 0.1) is 5.21 Å². The fourth-order valence-electron chi connectivity index (χ4n) is 2.95. The SMILES string of the molecule is CCOC(=O)c1c(COC(=O)c2ccccc2OCC)nc2ccc(OC)cc2[n+]1[O-]. The van der Waals surface area contributed by atoms with E-state index in [0.717, 1.165) is 0 Å². The first kappa shape index (κ1) is 21.8. The van der Waals surface area contributed by atoms with E-state index in [9.17, 15) is 14.8 Å². The van der Waals surface area contributed by atoms with Crippen molar-refractivity contribution in [1.82, 2.24) is 4.98 Å². The van der Waals surface area contributed by atoms with Gasteiger partial charge in [0.1, 0.15) is 29.2 Å². The topological polar surface area (TPSA) is 111 Å². The van der Waals surface area contributed by atoms with Gasteiger partial charge >= 0.3 is 17.6 Å². The molecule has 9 nitrogen and oxygen atoms in total. The highest BCUT2D eigenvalue weighted by molar-refractivity contribution is 5.93. The fourth-order valence-corrected chi connectivity index (χ4v) is 2.95. The number of hydrogen-bond donors (Lipinski definition) is 0. The molecule has 0 saturated carbocycles. The Bertz CT molecular complexity index is 1110. The molecule has 3 aromatic rings. The van der Waals surface area contributed by atoms with Crippen LogP contribution in [0.5, 0.6) is 11.5 Å². The molecular formula is C22H22N2O7. The molecule has 0 radical (unpaired) electrons. The van der Waals surface area contributed by atoms with Crippen LogP contribution in [0.2, 0.25) is 0 Å². The van der Waals surface area contributed by atoms with Crippen molar-refractivity contribution in [2.24, 2.45) is 0 Å². The summed E-state index contributed by atoms with van der Waals surface area (Å²) in [4.78, 5) is 29.4. The molecule has 0 aliphatic rings. The fraction of sp³-hybridized carbons (Fsp3) is 0.273. The van der Waals surface area contributed by atoms with Crippen LogP contribution in [0.25, 0.3) is 11.0 Å². The molecule has 9 heteroatoms. The second kappa shape index (κ2) is 9.75. The van der Waals surface area contributed by atoms with E-state index in [1.807, 2.05) is 0 Å². The quantitative estimate of drug-likeness (QED) is 0.307. The molecule has 0 atom stereocenters. The number of para-hydroxylation sites is 1. The van der Waals surface area contributed by atoms with E-state index in [-0.39, 0.29) is 29.1 Å². The summed E-state index contributed by atoms with van der Waals surface area (Å²) in [5.41, 5.74) is 0.285. The van der Waals surface area contributed by atoms with E-state index in [4.69, 9.17) is 18.9 Å². The Morgan fingerprint density at radius 3 is 2.52 bits per heavy atom. The summed E-state index contributed by atoms with van der Waals surface area (Å²) in [6.45, 7) is 3.46.